The van der Waals surface area contributed by atoms with Crippen molar-refractivity contribution in [2.45, 2.75) is 6.92 Å². The molecule has 3 aromatic rings. The van der Waals surface area contributed by atoms with E-state index in [1.807, 2.05) is 31.3 Å². The molecule has 0 aliphatic heterocycles. The summed E-state index contributed by atoms with van der Waals surface area (Å²) in [5.74, 6) is -0.315. The van der Waals surface area contributed by atoms with Gasteiger partial charge in [-0.05, 0) is 36.1 Å². The first-order chi connectivity index (χ1) is 9.67. The molecular weight excluding hydrogens is 272 g/mol. The lowest BCUT2D eigenvalue weighted by Crippen LogP contribution is -2.11. The third kappa shape index (κ3) is 2.15. The maximum Gasteiger partial charge on any atom is 0.276 e. The molecule has 0 bridgehead atoms. The zero-order valence-electron chi connectivity index (χ0n) is 10.6. The Hall–Kier alpha value is -2.65. The van der Waals surface area contributed by atoms with E-state index in [1.165, 1.54) is 11.3 Å². The summed E-state index contributed by atoms with van der Waals surface area (Å²) < 4.78 is 1.79. The quantitative estimate of drug-likeness (QED) is 0.785. The van der Waals surface area contributed by atoms with Gasteiger partial charge >= 0.3 is 0 Å². The van der Waals surface area contributed by atoms with E-state index in [9.17, 15) is 4.79 Å². The number of nitrogens with zero attached hydrogens (tertiary/aromatic N) is 3. The molecular formula is C14H10N4OS. The Balaban J connectivity index is 1.91. The average molecular weight is 282 g/mol. The van der Waals surface area contributed by atoms with E-state index < -0.39 is 0 Å². The van der Waals surface area contributed by atoms with Crippen LogP contribution in [0.5, 0.6) is 0 Å². The van der Waals surface area contributed by atoms with Gasteiger partial charge in [0.2, 0.25) is 0 Å². The lowest BCUT2D eigenvalue weighted by atomic mass is 10.3. The van der Waals surface area contributed by atoms with Crippen molar-refractivity contribution in [2.75, 3.05) is 5.32 Å². The molecule has 0 aromatic carbocycles. The molecule has 3 rings (SSSR count). The van der Waals surface area contributed by atoms with E-state index in [1.54, 1.807) is 22.0 Å². The smallest absolute Gasteiger partial charge is 0.276 e. The highest BCUT2D eigenvalue weighted by atomic mass is 32.1. The number of pyridine rings is 1. The third-order valence-electron chi connectivity index (χ3n) is 2.86. The van der Waals surface area contributed by atoms with Crippen LogP contribution < -0.4 is 5.32 Å². The highest BCUT2D eigenvalue weighted by Crippen LogP contribution is 2.22. The Morgan fingerprint density at radius 1 is 1.50 bits per heavy atom. The molecule has 0 spiro atoms. The molecule has 0 saturated carbocycles. The first kappa shape index (κ1) is 12.4. The normalized spacial score (nSPS) is 10.4. The number of aromatic nitrogens is 2. The topological polar surface area (TPSA) is 70.2 Å². The standard InChI is InChI=1S/C14H10N4OS/c1-9-2-4-18-8-11(16-12(18)6-9)13(19)17-14-10(7-15)3-5-20-14/h2-6,8H,1H3,(H,17,19). The molecule has 5 nitrogen and oxygen atoms in total. The molecule has 6 heteroatoms. The fourth-order valence-corrected chi connectivity index (χ4v) is 2.59. The second-order valence-electron chi connectivity index (χ2n) is 4.33. The number of rotatable bonds is 2. The number of thiophene rings is 1. The van der Waals surface area contributed by atoms with Gasteiger partial charge < -0.3 is 9.72 Å². The summed E-state index contributed by atoms with van der Waals surface area (Å²) in [7, 11) is 0. The molecule has 0 fully saturated rings. The Morgan fingerprint density at radius 3 is 3.15 bits per heavy atom. The predicted octanol–water partition coefficient (Wildman–Crippen LogP) is 2.83. The fraction of sp³-hybridized carbons (Fsp3) is 0.0714. The molecule has 0 radical (unpaired) electrons. The van der Waals surface area contributed by atoms with Crippen LogP contribution in [-0.4, -0.2) is 15.3 Å². The van der Waals surface area contributed by atoms with Gasteiger partial charge in [-0.15, -0.1) is 11.3 Å². The van der Waals surface area contributed by atoms with Crippen molar-refractivity contribution in [3.8, 4) is 6.07 Å². The monoisotopic (exact) mass is 282 g/mol. The summed E-state index contributed by atoms with van der Waals surface area (Å²) in [6, 6.07) is 7.56. The SMILES string of the molecule is Cc1ccn2cc(C(=O)Nc3sccc3C#N)nc2c1. The molecule has 0 aliphatic rings. The Labute approximate surface area is 119 Å². The number of carbonyl (C=O) groups is 1. The molecule has 0 saturated heterocycles. The first-order valence-corrected chi connectivity index (χ1v) is 6.79. The summed E-state index contributed by atoms with van der Waals surface area (Å²) in [4.78, 5) is 16.4. The van der Waals surface area contributed by atoms with Crippen molar-refractivity contribution in [3.63, 3.8) is 0 Å². The van der Waals surface area contributed by atoms with Crippen molar-refractivity contribution in [1.29, 1.82) is 5.26 Å². The molecule has 0 unspecified atom stereocenters. The molecule has 1 amide bonds. The highest BCUT2D eigenvalue weighted by Gasteiger charge is 2.13. The second-order valence-corrected chi connectivity index (χ2v) is 5.24. The number of nitrogens with one attached hydrogen (secondary N) is 1. The minimum Gasteiger partial charge on any atom is -0.311 e. The van der Waals surface area contributed by atoms with E-state index in [0.29, 0.717) is 16.3 Å². The van der Waals surface area contributed by atoms with Crippen molar-refractivity contribution >= 4 is 27.9 Å². The van der Waals surface area contributed by atoms with Gasteiger partial charge in [0.25, 0.3) is 5.91 Å². The van der Waals surface area contributed by atoms with Crippen molar-refractivity contribution in [2.24, 2.45) is 0 Å². The maximum atomic E-state index is 12.1. The minimum atomic E-state index is -0.315. The number of hydrogen-bond acceptors (Lipinski definition) is 4. The van der Waals surface area contributed by atoms with Crippen LogP contribution in [0.4, 0.5) is 5.00 Å². The molecule has 98 valence electrons. The molecule has 3 aromatic heterocycles. The van der Waals surface area contributed by atoms with E-state index in [2.05, 4.69) is 10.3 Å². The number of carbonyl (C=O) groups excluding carboxylic acids is 1. The Kier molecular flexibility index (Phi) is 2.97. The Morgan fingerprint density at radius 2 is 2.35 bits per heavy atom. The van der Waals surface area contributed by atoms with E-state index in [0.717, 1.165) is 11.2 Å². The summed E-state index contributed by atoms with van der Waals surface area (Å²) in [5.41, 5.74) is 2.60. The number of anilines is 1. The van der Waals surface area contributed by atoms with Crippen LogP contribution in [0.1, 0.15) is 21.6 Å². The van der Waals surface area contributed by atoms with Crippen molar-refractivity contribution < 1.29 is 4.79 Å². The number of hydrogen-bond donors (Lipinski definition) is 1. The van der Waals surface area contributed by atoms with E-state index in [-0.39, 0.29) is 5.91 Å². The minimum absolute atomic E-state index is 0.315. The van der Waals surface area contributed by atoms with E-state index >= 15 is 0 Å². The molecule has 1 N–H and O–H groups in total. The zero-order chi connectivity index (χ0) is 14.1. The van der Waals surface area contributed by atoms with Crippen LogP contribution in [0.15, 0.2) is 36.0 Å². The van der Waals surface area contributed by atoms with Gasteiger partial charge in [0.05, 0.1) is 5.56 Å². The Bertz CT molecular complexity index is 840. The van der Waals surface area contributed by atoms with Gasteiger partial charge in [0.1, 0.15) is 22.4 Å². The lowest BCUT2D eigenvalue weighted by molar-refractivity contribution is 0.102. The summed E-state index contributed by atoms with van der Waals surface area (Å²) in [5, 5.41) is 13.9. The second kappa shape index (κ2) is 4.79. The molecule has 3 heterocycles. The largest absolute Gasteiger partial charge is 0.311 e. The molecule has 0 aliphatic carbocycles. The van der Waals surface area contributed by atoms with Crippen LogP contribution in [0.3, 0.4) is 0 Å². The van der Waals surface area contributed by atoms with Gasteiger partial charge in [-0.3, -0.25) is 4.79 Å². The van der Waals surface area contributed by atoms with Crippen molar-refractivity contribution in [3.05, 3.63) is 52.8 Å². The third-order valence-corrected chi connectivity index (χ3v) is 3.69. The van der Waals surface area contributed by atoms with Gasteiger partial charge in [0.15, 0.2) is 0 Å². The first-order valence-electron chi connectivity index (χ1n) is 5.91. The maximum absolute atomic E-state index is 12.1. The van der Waals surface area contributed by atoms with Crippen LogP contribution in [0.25, 0.3) is 5.65 Å². The number of amides is 1. The number of aryl methyl sites for hydroxylation is 1. The van der Waals surface area contributed by atoms with Crippen LogP contribution in [0.2, 0.25) is 0 Å². The van der Waals surface area contributed by atoms with Crippen LogP contribution in [0, 0.1) is 18.3 Å². The van der Waals surface area contributed by atoms with Gasteiger partial charge in [-0.1, -0.05) is 0 Å². The van der Waals surface area contributed by atoms with Crippen LogP contribution in [-0.2, 0) is 0 Å². The predicted molar refractivity (Wildman–Crippen MR) is 76.9 cm³/mol. The average Bonchev–Trinajstić information content (AvgIpc) is 3.04. The molecule has 20 heavy (non-hydrogen) atoms. The highest BCUT2D eigenvalue weighted by molar-refractivity contribution is 7.14. The number of fused-ring (bicyclic) bond motifs is 1. The van der Waals surface area contributed by atoms with Crippen LogP contribution >= 0.6 is 11.3 Å². The molecule has 0 atom stereocenters. The van der Waals surface area contributed by atoms with Gasteiger partial charge in [0, 0.05) is 12.4 Å². The summed E-state index contributed by atoms with van der Waals surface area (Å²) >= 11 is 1.32. The fourth-order valence-electron chi connectivity index (χ4n) is 1.85. The van der Waals surface area contributed by atoms with Gasteiger partial charge in [-0.2, -0.15) is 5.26 Å². The number of nitriles is 1. The zero-order valence-corrected chi connectivity index (χ0v) is 11.4. The van der Waals surface area contributed by atoms with Gasteiger partial charge in [-0.25, -0.2) is 4.98 Å². The van der Waals surface area contributed by atoms with E-state index in [4.69, 9.17) is 5.26 Å². The summed E-state index contributed by atoms with van der Waals surface area (Å²) in [6.07, 6.45) is 3.53. The van der Waals surface area contributed by atoms with Crippen molar-refractivity contribution in [1.82, 2.24) is 9.38 Å². The lowest BCUT2D eigenvalue weighted by Gasteiger charge is -1.99. The summed E-state index contributed by atoms with van der Waals surface area (Å²) in [6.45, 7) is 1.97. The number of imidazole rings is 1.